The maximum atomic E-state index is 13.5. The minimum atomic E-state index is -3.65. The molecule has 7 heteroatoms. The average Bonchev–Trinajstić information content (AvgIpc) is 2.91. The van der Waals surface area contributed by atoms with E-state index in [9.17, 15) is 12.8 Å². The minimum Gasteiger partial charge on any atom is -0.316 e. The highest BCUT2D eigenvalue weighted by molar-refractivity contribution is 7.89. The standard InChI is InChI=1S/C14H22FN3O2S/c1-16-9-11-4-5-12(15)8-14(11)21(19,20)18-7-6-13(10-18)17(2)3/h4-5,8,13,16H,6-7,9-10H2,1-3H3. The van der Waals surface area contributed by atoms with Crippen molar-refractivity contribution in [2.75, 3.05) is 34.2 Å². The Hall–Kier alpha value is -1.02. The second-order valence-electron chi connectivity index (χ2n) is 5.55. The summed E-state index contributed by atoms with van der Waals surface area (Å²) in [5.41, 5.74) is 0.590. The van der Waals surface area contributed by atoms with E-state index in [1.807, 2.05) is 19.0 Å². The molecule has 1 saturated heterocycles. The molecule has 0 saturated carbocycles. The lowest BCUT2D eigenvalue weighted by atomic mass is 10.2. The predicted molar refractivity (Wildman–Crippen MR) is 80.0 cm³/mol. The lowest BCUT2D eigenvalue weighted by molar-refractivity contribution is 0.302. The third-order valence-electron chi connectivity index (χ3n) is 3.87. The molecule has 118 valence electrons. The molecule has 1 aliphatic rings. The van der Waals surface area contributed by atoms with Gasteiger partial charge in [0.1, 0.15) is 5.82 Å². The van der Waals surface area contributed by atoms with E-state index in [1.165, 1.54) is 16.4 Å². The molecule has 21 heavy (non-hydrogen) atoms. The molecule has 1 aromatic carbocycles. The average molecular weight is 315 g/mol. The van der Waals surface area contributed by atoms with E-state index < -0.39 is 15.8 Å². The molecular weight excluding hydrogens is 293 g/mol. The highest BCUT2D eigenvalue weighted by atomic mass is 32.2. The van der Waals surface area contributed by atoms with E-state index in [1.54, 1.807) is 7.05 Å². The topological polar surface area (TPSA) is 52.7 Å². The van der Waals surface area contributed by atoms with Crippen LogP contribution in [0.15, 0.2) is 23.1 Å². The molecule has 1 fully saturated rings. The van der Waals surface area contributed by atoms with Crippen LogP contribution in [0.5, 0.6) is 0 Å². The Labute approximate surface area is 125 Å². The van der Waals surface area contributed by atoms with Gasteiger partial charge in [0.25, 0.3) is 0 Å². The van der Waals surface area contributed by atoms with Crippen LogP contribution in [0.1, 0.15) is 12.0 Å². The molecule has 1 heterocycles. The van der Waals surface area contributed by atoms with Crippen LogP contribution in [0.4, 0.5) is 4.39 Å². The molecule has 5 nitrogen and oxygen atoms in total. The fourth-order valence-electron chi connectivity index (χ4n) is 2.59. The van der Waals surface area contributed by atoms with Crippen molar-refractivity contribution in [2.45, 2.75) is 23.9 Å². The zero-order chi connectivity index (χ0) is 15.6. The van der Waals surface area contributed by atoms with Gasteiger partial charge in [-0.1, -0.05) is 6.07 Å². The number of sulfonamides is 1. The zero-order valence-corrected chi connectivity index (χ0v) is 13.5. The van der Waals surface area contributed by atoms with Crippen LogP contribution in [0.25, 0.3) is 0 Å². The van der Waals surface area contributed by atoms with Gasteiger partial charge in [-0.2, -0.15) is 4.31 Å². The van der Waals surface area contributed by atoms with Gasteiger partial charge in [-0.25, -0.2) is 12.8 Å². The van der Waals surface area contributed by atoms with Crippen LogP contribution in [-0.4, -0.2) is 57.9 Å². The number of hydrogen-bond acceptors (Lipinski definition) is 4. The second kappa shape index (κ2) is 6.39. The van der Waals surface area contributed by atoms with E-state index in [2.05, 4.69) is 5.32 Å². The zero-order valence-electron chi connectivity index (χ0n) is 12.6. The number of nitrogens with one attached hydrogen (secondary N) is 1. The summed E-state index contributed by atoms with van der Waals surface area (Å²) in [4.78, 5) is 2.09. The number of halogens is 1. The van der Waals surface area contributed by atoms with Crippen LogP contribution in [-0.2, 0) is 16.6 Å². The molecule has 1 aromatic rings. The summed E-state index contributed by atoms with van der Waals surface area (Å²) in [6, 6.07) is 4.14. The van der Waals surface area contributed by atoms with Crippen molar-refractivity contribution in [3.05, 3.63) is 29.6 Å². The van der Waals surface area contributed by atoms with Gasteiger partial charge in [0, 0.05) is 25.7 Å². The highest BCUT2D eigenvalue weighted by Gasteiger charge is 2.34. The molecule has 0 spiro atoms. The highest BCUT2D eigenvalue weighted by Crippen LogP contribution is 2.26. The van der Waals surface area contributed by atoms with E-state index in [0.717, 1.165) is 12.5 Å². The van der Waals surface area contributed by atoms with Crippen molar-refractivity contribution in [1.29, 1.82) is 0 Å². The molecule has 0 aromatic heterocycles. The van der Waals surface area contributed by atoms with Gasteiger partial charge in [-0.3, -0.25) is 0 Å². The van der Waals surface area contributed by atoms with Gasteiger partial charge >= 0.3 is 0 Å². The third kappa shape index (κ3) is 3.42. The SMILES string of the molecule is CNCc1ccc(F)cc1S(=O)(=O)N1CCC(N(C)C)C1. The van der Waals surface area contributed by atoms with Crippen molar-refractivity contribution >= 4 is 10.0 Å². The number of likely N-dealkylation sites (N-methyl/N-ethyl adjacent to an activating group) is 1. The maximum Gasteiger partial charge on any atom is 0.243 e. The largest absolute Gasteiger partial charge is 0.316 e. The summed E-state index contributed by atoms with van der Waals surface area (Å²) in [6.45, 7) is 1.31. The predicted octanol–water partition coefficient (Wildman–Crippen LogP) is 0.870. The first-order valence-electron chi connectivity index (χ1n) is 6.96. The number of rotatable bonds is 5. The smallest absolute Gasteiger partial charge is 0.243 e. The molecule has 1 unspecified atom stereocenters. The van der Waals surface area contributed by atoms with Gasteiger partial charge in [0.05, 0.1) is 4.90 Å². The Morgan fingerprint density at radius 1 is 1.43 bits per heavy atom. The van der Waals surface area contributed by atoms with Crippen molar-refractivity contribution in [3.8, 4) is 0 Å². The summed E-state index contributed by atoms with van der Waals surface area (Å²) in [5.74, 6) is -0.531. The lowest BCUT2D eigenvalue weighted by Gasteiger charge is -2.21. The molecule has 1 aliphatic heterocycles. The summed E-state index contributed by atoms with van der Waals surface area (Å²) < 4.78 is 40.5. The van der Waals surface area contributed by atoms with Crippen LogP contribution >= 0.6 is 0 Å². The Kier molecular flexibility index (Phi) is 4.98. The van der Waals surface area contributed by atoms with Gasteiger partial charge in [0.15, 0.2) is 0 Å². The third-order valence-corrected chi connectivity index (χ3v) is 5.82. The number of benzene rings is 1. The Balaban J connectivity index is 2.34. The fraction of sp³-hybridized carbons (Fsp3) is 0.571. The van der Waals surface area contributed by atoms with E-state index in [-0.39, 0.29) is 10.9 Å². The van der Waals surface area contributed by atoms with Gasteiger partial charge < -0.3 is 10.2 Å². The molecular formula is C14H22FN3O2S. The van der Waals surface area contributed by atoms with Crippen molar-refractivity contribution < 1.29 is 12.8 Å². The first-order valence-corrected chi connectivity index (χ1v) is 8.40. The molecule has 0 radical (unpaired) electrons. The molecule has 2 rings (SSSR count). The second-order valence-corrected chi connectivity index (χ2v) is 7.46. The molecule has 0 aliphatic carbocycles. The summed E-state index contributed by atoms with van der Waals surface area (Å²) >= 11 is 0. The van der Waals surface area contributed by atoms with Crippen LogP contribution < -0.4 is 5.32 Å². The van der Waals surface area contributed by atoms with E-state index >= 15 is 0 Å². The molecule has 1 atom stereocenters. The number of hydrogen-bond donors (Lipinski definition) is 1. The molecule has 0 bridgehead atoms. The number of nitrogens with zero attached hydrogens (tertiary/aromatic N) is 2. The first kappa shape index (κ1) is 16.4. The summed E-state index contributed by atoms with van der Waals surface area (Å²) in [6.07, 6.45) is 0.795. The Bertz CT molecular complexity index is 604. The van der Waals surface area contributed by atoms with Gasteiger partial charge in [-0.15, -0.1) is 0 Å². The van der Waals surface area contributed by atoms with Crippen molar-refractivity contribution in [2.24, 2.45) is 0 Å². The summed E-state index contributed by atoms with van der Waals surface area (Å²) in [5, 5.41) is 2.92. The van der Waals surface area contributed by atoms with E-state index in [4.69, 9.17) is 0 Å². The van der Waals surface area contributed by atoms with Crippen LogP contribution in [0, 0.1) is 5.82 Å². The Morgan fingerprint density at radius 3 is 2.71 bits per heavy atom. The lowest BCUT2D eigenvalue weighted by Crippen LogP contribution is -2.35. The monoisotopic (exact) mass is 315 g/mol. The first-order chi connectivity index (χ1) is 9.86. The quantitative estimate of drug-likeness (QED) is 0.876. The van der Waals surface area contributed by atoms with Crippen LogP contribution in [0.3, 0.4) is 0 Å². The van der Waals surface area contributed by atoms with E-state index in [0.29, 0.717) is 25.2 Å². The molecule has 0 amide bonds. The fourth-order valence-corrected chi connectivity index (χ4v) is 4.32. The Morgan fingerprint density at radius 2 is 2.14 bits per heavy atom. The van der Waals surface area contributed by atoms with Gasteiger partial charge in [0.2, 0.25) is 10.0 Å². The van der Waals surface area contributed by atoms with Crippen molar-refractivity contribution in [3.63, 3.8) is 0 Å². The minimum absolute atomic E-state index is 0.0660. The molecule has 1 N–H and O–H groups in total. The van der Waals surface area contributed by atoms with Crippen molar-refractivity contribution in [1.82, 2.24) is 14.5 Å². The summed E-state index contributed by atoms with van der Waals surface area (Å²) in [7, 11) is 1.96. The van der Waals surface area contributed by atoms with Crippen LogP contribution in [0.2, 0.25) is 0 Å². The maximum absolute atomic E-state index is 13.5. The van der Waals surface area contributed by atoms with Gasteiger partial charge in [-0.05, 0) is 45.3 Å². The normalized spacial score (nSPS) is 20.3.